The van der Waals surface area contributed by atoms with Crippen LogP contribution < -0.4 is 11.1 Å². The first-order chi connectivity index (χ1) is 14.7. The summed E-state index contributed by atoms with van der Waals surface area (Å²) in [5, 5.41) is 8.43. The Bertz CT molecular complexity index is 1160. The van der Waals surface area contributed by atoms with Gasteiger partial charge in [0.15, 0.2) is 5.76 Å². The monoisotopic (exact) mass is 424 g/mol. The average molecular weight is 425 g/mol. The summed E-state index contributed by atoms with van der Waals surface area (Å²) >= 11 is 6.34. The van der Waals surface area contributed by atoms with E-state index in [9.17, 15) is 0 Å². The lowest BCUT2D eigenvalue weighted by molar-refractivity contribution is 0.254. The Hall–Kier alpha value is -3.17. The predicted octanol–water partition coefficient (Wildman–Crippen LogP) is 3.09. The highest BCUT2D eigenvalue weighted by Crippen LogP contribution is 2.24. The number of nitrogen functional groups attached to an aromatic ring is 1. The van der Waals surface area contributed by atoms with Crippen molar-refractivity contribution < 1.29 is 4.42 Å². The van der Waals surface area contributed by atoms with Crippen LogP contribution in [0.25, 0.3) is 17.4 Å². The zero-order valence-electron chi connectivity index (χ0n) is 16.2. The molecule has 4 heterocycles. The number of hydrogen-bond donors (Lipinski definition) is 2. The van der Waals surface area contributed by atoms with Gasteiger partial charge >= 0.3 is 0 Å². The van der Waals surface area contributed by atoms with Crippen molar-refractivity contribution in [3.8, 4) is 11.6 Å². The average Bonchev–Trinajstić information content (AvgIpc) is 3.49. The molecule has 10 heteroatoms. The molecule has 0 radical (unpaired) electrons. The summed E-state index contributed by atoms with van der Waals surface area (Å²) in [5.74, 6) is 1.99. The van der Waals surface area contributed by atoms with Gasteiger partial charge in [0.05, 0.1) is 6.26 Å². The molecule has 0 amide bonds. The van der Waals surface area contributed by atoms with Crippen LogP contribution in [-0.2, 0) is 6.54 Å². The molecule has 3 aromatic heterocycles. The number of halogens is 1. The van der Waals surface area contributed by atoms with Crippen molar-refractivity contribution in [2.45, 2.75) is 25.4 Å². The molecule has 5 rings (SSSR count). The minimum Gasteiger partial charge on any atom is -0.461 e. The van der Waals surface area contributed by atoms with E-state index in [0.717, 1.165) is 36.5 Å². The lowest BCUT2D eigenvalue weighted by Crippen LogP contribution is -2.34. The molecule has 154 valence electrons. The van der Waals surface area contributed by atoms with E-state index in [0.29, 0.717) is 35.9 Å². The summed E-state index contributed by atoms with van der Waals surface area (Å²) in [6.07, 6.45) is 3.82. The molecule has 0 bridgehead atoms. The highest BCUT2D eigenvalue weighted by atomic mass is 35.5. The molecule has 0 saturated carbocycles. The van der Waals surface area contributed by atoms with Crippen molar-refractivity contribution in [2.24, 2.45) is 0 Å². The largest absolute Gasteiger partial charge is 0.461 e. The van der Waals surface area contributed by atoms with Crippen LogP contribution in [0.15, 0.2) is 47.1 Å². The summed E-state index contributed by atoms with van der Waals surface area (Å²) in [4.78, 5) is 15.6. The molecule has 1 aliphatic rings. The first-order valence-electron chi connectivity index (χ1n) is 9.83. The molecule has 4 aromatic rings. The molecule has 1 fully saturated rings. The molecular formula is C20H21ClN8O. The van der Waals surface area contributed by atoms with E-state index in [1.165, 1.54) is 4.52 Å². The van der Waals surface area contributed by atoms with E-state index in [4.69, 9.17) is 21.8 Å². The van der Waals surface area contributed by atoms with Crippen LogP contribution in [0.4, 0.5) is 11.9 Å². The molecule has 9 nitrogen and oxygen atoms in total. The van der Waals surface area contributed by atoms with Crippen molar-refractivity contribution in [1.29, 1.82) is 0 Å². The molecule has 0 aliphatic carbocycles. The fraction of sp³-hybridized carbons (Fsp3) is 0.300. The summed E-state index contributed by atoms with van der Waals surface area (Å²) in [7, 11) is 0. The number of nitrogens with two attached hydrogens (primary N) is 1. The highest BCUT2D eigenvalue weighted by Gasteiger charge is 2.25. The van der Waals surface area contributed by atoms with E-state index in [-0.39, 0.29) is 5.95 Å². The SMILES string of the molecule is Nc1nc(NC[C@H]2CCCN2Cc2ccccc2Cl)nc2nc(-c3ccco3)nn12. The molecule has 1 saturated heterocycles. The Kier molecular flexibility index (Phi) is 4.97. The number of nitrogens with zero attached hydrogens (tertiary/aromatic N) is 6. The van der Waals surface area contributed by atoms with Crippen molar-refractivity contribution >= 4 is 29.3 Å². The lowest BCUT2D eigenvalue weighted by Gasteiger charge is -2.25. The zero-order chi connectivity index (χ0) is 20.5. The first kappa shape index (κ1) is 18.8. The van der Waals surface area contributed by atoms with Crippen LogP contribution in [-0.4, -0.2) is 48.6 Å². The number of aromatic nitrogens is 5. The van der Waals surface area contributed by atoms with E-state index >= 15 is 0 Å². The first-order valence-corrected chi connectivity index (χ1v) is 10.2. The van der Waals surface area contributed by atoms with Crippen molar-refractivity contribution in [2.75, 3.05) is 24.1 Å². The Morgan fingerprint density at radius 3 is 2.90 bits per heavy atom. The minimum atomic E-state index is 0.215. The number of likely N-dealkylation sites (tertiary alicyclic amines) is 1. The number of anilines is 2. The van der Waals surface area contributed by atoms with Gasteiger partial charge in [-0.3, -0.25) is 4.90 Å². The molecule has 1 aromatic carbocycles. The van der Waals surface area contributed by atoms with Gasteiger partial charge in [-0.15, -0.1) is 5.10 Å². The third kappa shape index (κ3) is 3.69. The third-order valence-electron chi connectivity index (χ3n) is 5.30. The van der Waals surface area contributed by atoms with Crippen LogP contribution >= 0.6 is 11.6 Å². The van der Waals surface area contributed by atoms with Crippen LogP contribution in [0, 0.1) is 0 Å². The zero-order valence-corrected chi connectivity index (χ0v) is 17.0. The van der Waals surface area contributed by atoms with Crippen LogP contribution in [0.1, 0.15) is 18.4 Å². The molecule has 1 atom stereocenters. The van der Waals surface area contributed by atoms with E-state index in [1.807, 2.05) is 18.2 Å². The van der Waals surface area contributed by atoms with Gasteiger partial charge in [0.1, 0.15) is 0 Å². The Balaban J connectivity index is 1.30. The van der Waals surface area contributed by atoms with Gasteiger partial charge in [-0.05, 0) is 43.1 Å². The molecule has 30 heavy (non-hydrogen) atoms. The Morgan fingerprint density at radius 2 is 2.07 bits per heavy atom. The smallest absolute Gasteiger partial charge is 0.259 e. The highest BCUT2D eigenvalue weighted by molar-refractivity contribution is 6.31. The number of nitrogens with one attached hydrogen (secondary N) is 1. The second-order valence-corrected chi connectivity index (χ2v) is 7.68. The number of hydrogen-bond acceptors (Lipinski definition) is 8. The maximum atomic E-state index is 6.34. The fourth-order valence-electron chi connectivity index (χ4n) is 3.78. The van der Waals surface area contributed by atoms with Gasteiger partial charge in [-0.2, -0.15) is 19.5 Å². The van der Waals surface area contributed by atoms with Crippen LogP contribution in [0.2, 0.25) is 5.02 Å². The topological polar surface area (TPSA) is 110 Å². The Labute approximate surface area is 177 Å². The number of fused-ring (bicyclic) bond motifs is 1. The van der Waals surface area contributed by atoms with E-state index in [1.54, 1.807) is 18.4 Å². The minimum absolute atomic E-state index is 0.215. The summed E-state index contributed by atoms with van der Waals surface area (Å²) in [6, 6.07) is 11.9. The normalized spacial score (nSPS) is 17.0. The quantitative estimate of drug-likeness (QED) is 0.485. The second kappa shape index (κ2) is 7.92. The van der Waals surface area contributed by atoms with Crippen molar-refractivity contribution in [3.05, 3.63) is 53.2 Å². The number of benzene rings is 1. The molecule has 0 spiro atoms. The van der Waals surface area contributed by atoms with Gasteiger partial charge < -0.3 is 15.5 Å². The Morgan fingerprint density at radius 1 is 1.17 bits per heavy atom. The predicted molar refractivity (Wildman–Crippen MR) is 114 cm³/mol. The van der Waals surface area contributed by atoms with E-state index in [2.05, 4.69) is 36.3 Å². The fourth-order valence-corrected chi connectivity index (χ4v) is 3.98. The second-order valence-electron chi connectivity index (χ2n) is 7.27. The summed E-state index contributed by atoms with van der Waals surface area (Å²) < 4.78 is 6.75. The maximum absolute atomic E-state index is 6.34. The van der Waals surface area contributed by atoms with Crippen molar-refractivity contribution in [1.82, 2.24) is 29.5 Å². The molecular weight excluding hydrogens is 404 g/mol. The summed E-state index contributed by atoms with van der Waals surface area (Å²) in [6.45, 7) is 2.57. The lowest BCUT2D eigenvalue weighted by atomic mass is 10.2. The van der Waals surface area contributed by atoms with Gasteiger partial charge in [-0.1, -0.05) is 29.8 Å². The third-order valence-corrected chi connectivity index (χ3v) is 5.67. The van der Waals surface area contributed by atoms with Crippen LogP contribution in [0.3, 0.4) is 0 Å². The van der Waals surface area contributed by atoms with Gasteiger partial charge in [0, 0.05) is 24.2 Å². The number of rotatable bonds is 6. The maximum Gasteiger partial charge on any atom is 0.259 e. The molecule has 0 unspecified atom stereocenters. The van der Waals surface area contributed by atoms with Gasteiger partial charge in [-0.25, -0.2) is 0 Å². The van der Waals surface area contributed by atoms with E-state index < -0.39 is 0 Å². The number of furan rings is 1. The summed E-state index contributed by atoms with van der Waals surface area (Å²) in [5.41, 5.74) is 7.21. The van der Waals surface area contributed by atoms with Crippen molar-refractivity contribution in [3.63, 3.8) is 0 Å². The molecule has 1 aliphatic heterocycles. The molecule has 3 N–H and O–H groups in total. The van der Waals surface area contributed by atoms with Gasteiger partial charge in [0.2, 0.25) is 17.7 Å². The van der Waals surface area contributed by atoms with Gasteiger partial charge in [0.25, 0.3) is 5.78 Å². The standard InChI is InChI=1S/C20H21ClN8O/c21-15-7-2-1-5-13(15)12-28-9-3-6-14(28)11-23-19-25-18(22)29-20(26-19)24-17(27-29)16-8-4-10-30-16/h1-2,4-5,7-8,10,14H,3,6,9,11-12H2,(H3,22,23,24,25,26,27)/t14-/m1/s1. The van der Waals surface area contributed by atoms with Crippen LogP contribution in [0.5, 0.6) is 0 Å².